The van der Waals surface area contributed by atoms with Crippen LogP contribution in [0.4, 0.5) is 9.93 Å². The Morgan fingerprint density at radius 3 is 2.08 bits per heavy atom. The minimum atomic E-state index is -0.0779. The Labute approximate surface area is 242 Å². The van der Waals surface area contributed by atoms with Crippen LogP contribution in [-0.4, -0.2) is 53.5 Å². The fourth-order valence-electron chi connectivity index (χ4n) is 5.72. The second-order valence-electron chi connectivity index (χ2n) is 10.8. The molecule has 1 saturated carbocycles. The van der Waals surface area contributed by atoms with Crippen molar-refractivity contribution in [1.29, 1.82) is 0 Å². The van der Waals surface area contributed by atoms with Gasteiger partial charge >= 0.3 is 6.03 Å². The van der Waals surface area contributed by atoms with Gasteiger partial charge in [-0.2, -0.15) is 0 Å². The summed E-state index contributed by atoms with van der Waals surface area (Å²) in [5, 5.41) is 5.76. The summed E-state index contributed by atoms with van der Waals surface area (Å²) in [7, 11) is 2.22. The van der Waals surface area contributed by atoms with E-state index in [4.69, 9.17) is 4.98 Å². The van der Waals surface area contributed by atoms with Crippen molar-refractivity contribution in [3.05, 3.63) is 108 Å². The van der Waals surface area contributed by atoms with Gasteiger partial charge in [-0.05, 0) is 37.4 Å². The Balaban J connectivity index is 1.30. The summed E-state index contributed by atoms with van der Waals surface area (Å²) < 4.78 is 0. The minimum Gasteiger partial charge on any atom is -0.323 e. The van der Waals surface area contributed by atoms with Gasteiger partial charge in [0.2, 0.25) is 0 Å². The Hall–Kier alpha value is -3.48. The number of thiazole rings is 1. The summed E-state index contributed by atoms with van der Waals surface area (Å²) in [5.74, 6) is 0.221. The normalized spacial score (nSPS) is 14.0. The molecule has 1 heterocycles. The predicted molar refractivity (Wildman–Crippen MR) is 167 cm³/mol. The highest BCUT2D eigenvalue weighted by Crippen LogP contribution is 2.29. The molecule has 6 heteroatoms. The molecular formula is C34H40N4OS. The number of benzene rings is 3. The molecule has 1 fully saturated rings. The number of carbonyl (C=O) groups excluding carboxylic acids is 1. The second kappa shape index (κ2) is 14.2. The standard InChI is InChI=1S/C34H40N4OS/c1-37(30-20-12-5-13-21-30)24-25-38(34(39)36-33-35-32(26-40-33)29-18-10-4-11-19-29)23-22-31(27-14-6-2-7-15-27)28-16-8-3-9-17-28/h2-4,6-11,14-19,26,30-31H,5,12-13,20-25H2,1H3,(H,35,36,39). The van der Waals surface area contributed by atoms with E-state index in [1.54, 1.807) is 0 Å². The van der Waals surface area contributed by atoms with Crippen LogP contribution in [-0.2, 0) is 0 Å². The number of likely N-dealkylation sites (N-methyl/N-ethyl adjacent to an activating group) is 1. The summed E-state index contributed by atoms with van der Waals surface area (Å²) in [6.07, 6.45) is 7.33. The van der Waals surface area contributed by atoms with Gasteiger partial charge in [-0.25, -0.2) is 9.78 Å². The SMILES string of the molecule is CN(CCN(CCC(c1ccccc1)c1ccccc1)C(=O)Nc1nc(-c2ccccc2)cs1)C1CCCCC1. The number of nitrogens with one attached hydrogen (secondary N) is 1. The Bertz CT molecular complexity index is 1270. The Morgan fingerprint density at radius 2 is 1.45 bits per heavy atom. The quantitative estimate of drug-likeness (QED) is 0.204. The molecule has 0 unspecified atom stereocenters. The van der Waals surface area contributed by atoms with Gasteiger partial charge in [0.15, 0.2) is 5.13 Å². The highest BCUT2D eigenvalue weighted by atomic mass is 32.1. The number of anilines is 1. The van der Waals surface area contributed by atoms with Crippen molar-refractivity contribution >= 4 is 22.5 Å². The molecule has 0 bridgehead atoms. The van der Waals surface area contributed by atoms with Crippen molar-refractivity contribution in [3.63, 3.8) is 0 Å². The molecule has 1 aliphatic rings. The summed E-state index contributed by atoms with van der Waals surface area (Å²) in [6.45, 7) is 2.22. The van der Waals surface area contributed by atoms with Crippen LogP contribution in [0.5, 0.6) is 0 Å². The molecular weight excluding hydrogens is 512 g/mol. The molecule has 208 valence electrons. The molecule has 1 aliphatic carbocycles. The predicted octanol–water partition coefficient (Wildman–Crippen LogP) is 8.13. The third-order valence-corrected chi connectivity index (χ3v) is 8.84. The molecule has 0 aliphatic heterocycles. The number of amides is 2. The van der Waals surface area contributed by atoms with E-state index < -0.39 is 0 Å². The number of carbonyl (C=O) groups is 1. The average molecular weight is 553 g/mol. The van der Waals surface area contributed by atoms with E-state index in [1.165, 1.54) is 54.6 Å². The van der Waals surface area contributed by atoms with Crippen molar-refractivity contribution < 1.29 is 4.79 Å². The number of hydrogen-bond donors (Lipinski definition) is 1. The van der Waals surface area contributed by atoms with Crippen molar-refractivity contribution in [2.45, 2.75) is 50.5 Å². The number of nitrogens with zero attached hydrogens (tertiary/aromatic N) is 3. The Morgan fingerprint density at radius 1 is 0.850 bits per heavy atom. The second-order valence-corrected chi connectivity index (χ2v) is 11.6. The molecule has 2 amide bonds. The van der Waals surface area contributed by atoms with E-state index in [9.17, 15) is 4.79 Å². The molecule has 5 rings (SSSR count). The van der Waals surface area contributed by atoms with E-state index in [0.29, 0.717) is 24.3 Å². The first-order valence-corrected chi connectivity index (χ1v) is 15.4. The molecule has 5 nitrogen and oxygen atoms in total. The number of hydrogen-bond acceptors (Lipinski definition) is 4. The van der Waals surface area contributed by atoms with Crippen LogP contribution in [0.3, 0.4) is 0 Å². The third-order valence-electron chi connectivity index (χ3n) is 8.09. The van der Waals surface area contributed by atoms with Crippen LogP contribution in [0, 0.1) is 0 Å². The highest BCUT2D eigenvalue weighted by Gasteiger charge is 2.23. The van der Waals surface area contributed by atoms with Crippen molar-refractivity contribution in [3.8, 4) is 11.3 Å². The third kappa shape index (κ3) is 7.58. The molecule has 4 aromatic rings. The van der Waals surface area contributed by atoms with Crippen molar-refractivity contribution in [1.82, 2.24) is 14.8 Å². The van der Waals surface area contributed by atoms with Gasteiger partial charge in [-0.1, -0.05) is 110 Å². The van der Waals surface area contributed by atoms with Gasteiger partial charge in [0.1, 0.15) is 0 Å². The van der Waals surface area contributed by atoms with Crippen molar-refractivity contribution in [2.24, 2.45) is 0 Å². The van der Waals surface area contributed by atoms with E-state index >= 15 is 0 Å². The van der Waals surface area contributed by atoms with Crippen LogP contribution < -0.4 is 5.32 Å². The molecule has 0 atom stereocenters. The molecule has 1 N–H and O–H groups in total. The molecule has 0 spiro atoms. The zero-order valence-electron chi connectivity index (χ0n) is 23.4. The largest absolute Gasteiger partial charge is 0.323 e. The van der Waals surface area contributed by atoms with Crippen LogP contribution in [0.1, 0.15) is 55.6 Å². The van der Waals surface area contributed by atoms with Gasteiger partial charge in [-0.15, -0.1) is 11.3 Å². The first-order chi connectivity index (χ1) is 19.7. The van der Waals surface area contributed by atoms with Crippen LogP contribution >= 0.6 is 11.3 Å². The number of rotatable bonds is 11. The lowest BCUT2D eigenvalue weighted by Crippen LogP contribution is -2.43. The Kier molecular flexibility index (Phi) is 9.99. The van der Waals surface area contributed by atoms with Crippen molar-refractivity contribution in [2.75, 3.05) is 32.0 Å². The minimum absolute atomic E-state index is 0.0779. The van der Waals surface area contributed by atoms with Gasteiger partial charge in [0.05, 0.1) is 5.69 Å². The fourth-order valence-corrected chi connectivity index (χ4v) is 6.43. The number of aromatic nitrogens is 1. The monoisotopic (exact) mass is 552 g/mol. The maximum Gasteiger partial charge on any atom is 0.323 e. The van der Waals surface area contributed by atoms with Gasteiger partial charge < -0.3 is 9.80 Å². The van der Waals surface area contributed by atoms with Crippen LogP contribution in [0.2, 0.25) is 0 Å². The topological polar surface area (TPSA) is 48.5 Å². The van der Waals surface area contributed by atoms with E-state index in [0.717, 1.165) is 24.2 Å². The molecule has 1 aromatic heterocycles. The molecule has 0 saturated heterocycles. The van der Waals surface area contributed by atoms with Crippen LogP contribution in [0.15, 0.2) is 96.4 Å². The lowest BCUT2D eigenvalue weighted by Gasteiger charge is -2.33. The average Bonchev–Trinajstić information content (AvgIpc) is 3.49. The first kappa shape index (κ1) is 28.1. The smallest absolute Gasteiger partial charge is 0.323 e. The maximum atomic E-state index is 13.7. The molecule has 40 heavy (non-hydrogen) atoms. The summed E-state index contributed by atoms with van der Waals surface area (Å²) in [4.78, 5) is 22.9. The molecule has 0 radical (unpaired) electrons. The summed E-state index contributed by atoms with van der Waals surface area (Å²) in [5.41, 5.74) is 4.50. The van der Waals surface area contributed by atoms with Gasteiger partial charge in [-0.3, -0.25) is 5.32 Å². The van der Waals surface area contributed by atoms with E-state index in [-0.39, 0.29) is 11.9 Å². The first-order valence-electron chi connectivity index (χ1n) is 14.5. The maximum absolute atomic E-state index is 13.7. The lowest BCUT2D eigenvalue weighted by atomic mass is 9.88. The van der Waals surface area contributed by atoms with Gasteiger partial charge in [0, 0.05) is 42.5 Å². The zero-order chi connectivity index (χ0) is 27.6. The molecule has 3 aromatic carbocycles. The lowest BCUT2D eigenvalue weighted by molar-refractivity contribution is 0.163. The summed E-state index contributed by atoms with van der Waals surface area (Å²) in [6, 6.07) is 31.9. The van der Waals surface area contributed by atoms with E-state index in [2.05, 4.69) is 77.9 Å². The van der Waals surface area contributed by atoms with Crippen LogP contribution in [0.25, 0.3) is 11.3 Å². The summed E-state index contributed by atoms with van der Waals surface area (Å²) >= 11 is 1.48. The number of urea groups is 1. The highest BCUT2D eigenvalue weighted by molar-refractivity contribution is 7.14. The fraction of sp³-hybridized carbons (Fsp3) is 0.353. The van der Waals surface area contributed by atoms with Gasteiger partial charge in [0.25, 0.3) is 0 Å². The zero-order valence-corrected chi connectivity index (χ0v) is 24.2. The van der Waals surface area contributed by atoms with E-state index in [1.807, 2.05) is 40.6 Å².